The van der Waals surface area contributed by atoms with Crippen LogP contribution >= 0.6 is 22.6 Å². The number of nitrogens with one attached hydrogen (secondary N) is 2. The minimum absolute atomic E-state index is 0.00312. The summed E-state index contributed by atoms with van der Waals surface area (Å²) in [5.41, 5.74) is 8.07. The average Bonchev–Trinajstić information content (AvgIpc) is 3.05. The van der Waals surface area contributed by atoms with Crippen LogP contribution in [0.1, 0.15) is 47.8 Å². The first kappa shape index (κ1) is 15.0. The number of hydrogen-bond donors (Lipinski definition) is 2. The van der Waals surface area contributed by atoms with Gasteiger partial charge in [-0.15, -0.1) is 0 Å². The van der Waals surface area contributed by atoms with Gasteiger partial charge in [0, 0.05) is 26.2 Å². The molecule has 23 heavy (non-hydrogen) atoms. The van der Waals surface area contributed by atoms with Gasteiger partial charge in [-0.2, -0.15) is 0 Å². The number of aryl methyl sites for hydroxylation is 1. The number of carbonyl (C=O) groups is 1. The predicted molar refractivity (Wildman–Crippen MR) is 102 cm³/mol. The summed E-state index contributed by atoms with van der Waals surface area (Å²) in [6, 6.07) is 6.08. The molecule has 0 saturated heterocycles. The van der Waals surface area contributed by atoms with Crippen molar-refractivity contribution in [3.05, 3.63) is 49.8 Å². The van der Waals surface area contributed by atoms with E-state index in [1.807, 2.05) is 12.1 Å². The fraction of sp³-hybridized carbons (Fsp3) is 0.316. The third-order valence-corrected chi connectivity index (χ3v) is 5.52. The Balaban J connectivity index is 1.84. The van der Waals surface area contributed by atoms with Crippen molar-refractivity contribution >= 4 is 45.8 Å². The van der Waals surface area contributed by atoms with Crippen LogP contribution in [0.3, 0.4) is 0 Å². The number of anilines is 1. The molecule has 0 atom stereocenters. The van der Waals surface area contributed by atoms with Crippen LogP contribution in [0.5, 0.6) is 0 Å². The second-order valence-corrected chi connectivity index (χ2v) is 7.48. The van der Waals surface area contributed by atoms with E-state index in [9.17, 15) is 4.79 Å². The van der Waals surface area contributed by atoms with Crippen LogP contribution in [-0.2, 0) is 24.1 Å². The second-order valence-electron chi connectivity index (χ2n) is 6.24. The van der Waals surface area contributed by atoms with Crippen molar-refractivity contribution < 1.29 is 4.79 Å². The highest BCUT2D eigenvalue weighted by Crippen LogP contribution is 2.36. The van der Waals surface area contributed by atoms with Gasteiger partial charge in [-0.05, 0) is 90.1 Å². The van der Waals surface area contributed by atoms with Crippen LogP contribution < -0.4 is 5.32 Å². The number of fused-ring (bicyclic) bond motifs is 2. The minimum Gasteiger partial charge on any atom is -0.358 e. The van der Waals surface area contributed by atoms with Gasteiger partial charge in [-0.3, -0.25) is 4.79 Å². The molecule has 4 rings (SSSR count). The Kier molecular flexibility index (Phi) is 3.79. The molecule has 2 heterocycles. The molecule has 1 aliphatic heterocycles. The Labute approximate surface area is 149 Å². The van der Waals surface area contributed by atoms with Gasteiger partial charge in [0.2, 0.25) is 0 Å². The van der Waals surface area contributed by atoms with Crippen LogP contribution in [0.2, 0.25) is 0 Å². The quantitative estimate of drug-likeness (QED) is 0.546. The molecule has 0 fully saturated rings. The summed E-state index contributed by atoms with van der Waals surface area (Å²) in [5, 5.41) is 2.97. The maximum absolute atomic E-state index is 12.4. The molecule has 0 spiro atoms. The number of H-pyrrole nitrogens is 1. The summed E-state index contributed by atoms with van der Waals surface area (Å²) in [4.78, 5) is 16.0. The largest absolute Gasteiger partial charge is 0.358 e. The Morgan fingerprint density at radius 2 is 2.09 bits per heavy atom. The molecule has 0 saturated carbocycles. The number of amides is 1. The summed E-state index contributed by atoms with van der Waals surface area (Å²) >= 11 is 2.29. The molecule has 0 unspecified atom stereocenters. The van der Waals surface area contributed by atoms with Crippen LogP contribution in [0.25, 0.3) is 11.6 Å². The van der Waals surface area contributed by atoms with Gasteiger partial charge in [0.25, 0.3) is 5.91 Å². The van der Waals surface area contributed by atoms with Crippen LogP contribution in [0, 0.1) is 3.57 Å². The van der Waals surface area contributed by atoms with Crippen LogP contribution in [0.15, 0.2) is 18.2 Å². The topological polar surface area (TPSA) is 44.9 Å². The van der Waals surface area contributed by atoms with Crippen molar-refractivity contribution in [2.75, 3.05) is 5.32 Å². The average molecular weight is 418 g/mol. The first-order valence-corrected chi connectivity index (χ1v) is 9.31. The summed E-state index contributed by atoms with van der Waals surface area (Å²) in [6.45, 7) is 2.20. The van der Waals surface area contributed by atoms with E-state index in [1.165, 1.54) is 36.1 Å². The van der Waals surface area contributed by atoms with Crippen molar-refractivity contribution in [3.63, 3.8) is 0 Å². The Hall–Kier alpha value is -1.56. The molecule has 2 N–H and O–H groups in total. The van der Waals surface area contributed by atoms with Crippen molar-refractivity contribution in [1.29, 1.82) is 0 Å². The molecule has 118 valence electrons. The van der Waals surface area contributed by atoms with E-state index in [1.54, 1.807) is 0 Å². The van der Waals surface area contributed by atoms with E-state index in [-0.39, 0.29) is 5.91 Å². The normalized spacial score (nSPS) is 18.0. The number of carbonyl (C=O) groups excluding carboxylic acids is 1. The van der Waals surface area contributed by atoms with Gasteiger partial charge in [0.1, 0.15) is 0 Å². The molecule has 2 aromatic rings. The Bertz CT molecular complexity index is 832. The van der Waals surface area contributed by atoms with Gasteiger partial charge in [-0.1, -0.05) is 6.92 Å². The molecule has 1 aromatic carbocycles. The van der Waals surface area contributed by atoms with E-state index in [0.717, 1.165) is 38.9 Å². The number of aromatic nitrogens is 1. The molecular weight excluding hydrogens is 399 g/mol. The van der Waals surface area contributed by atoms with Crippen LogP contribution in [-0.4, -0.2) is 10.9 Å². The van der Waals surface area contributed by atoms with Gasteiger partial charge < -0.3 is 10.3 Å². The highest BCUT2D eigenvalue weighted by molar-refractivity contribution is 14.1. The van der Waals surface area contributed by atoms with E-state index in [4.69, 9.17) is 0 Å². The molecule has 4 heteroatoms. The zero-order valence-electron chi connectivity index (χ0n) is 13.1. The summed E-state index contributed by atoms with van der Waals surface area (Å²) < 4.78 is 1.14. The summed E-state index contributed by atoms with van der Waals surface area (Å²) in [7, 11) is 0. The molecule has 0 radical (unpaired) electrons. The lowest BCUT2D eigenvalue weighted by Gasteiger charge is -2.11. The molecule has 0 bridgehead atoms. The first-order chi connectivity index (χ1) is 11.2. The molecule has 3 nitrogen and oxygen atoms in total. The number of halogens is 1. The monoisotopic (exact) mass is 418 g/mol. The summed E-state index contributed by atoms with van der Waals surface area (Å²) in [6.07, 6.45) is 7.88. The number of rotatable bonds is 2. The standard InChI is InChI=1S/C19H19IN2O/c1-2-12-13-5-3-4-6-16(13)21-18(12)10-15-14-9-11(20)7-8-17(14)22-19(15)23/h7-10,21H,2-6H2,1H3,(H,22,23). The van der Waals surface area contributed by atoms with Gasteiger partial charge in [0.05, 0.1) is 5.57 Å². The molecule has 1 aliphatic carbocycles. The number of hydrogen-bond acceptors (Lipinski definition) is 1. The molecule has 1 amide bonds. The highest BCUT2D eigenvalue weighted by atomic mass is 127. The van der Waals surface area contributed by atoms with Gasteiger partial charge >= 0.3 is 0 Å². The Morgan fingerprint density at radius 3 is 2.91 bits per heavy atom. The van der Waals surface area contributed by atoms with Gasteiger partial charge in [-0.25, -0.2) is 0 Å². The third-order valence-electron chi connectivity index (χ3n) is 4.85. The zero-order valence-corrected chi connectivity index (χ0v) is 15.3. The van der Waals surface area contributed by atoms with E-state index in [0.29, 0.717) is 0 Å². The SMILES string of the molecule is CCc1c(C=C2C(=O)Nc3ccc(I)cc32)[nH]c2c1CCCC2. The molecular formula is C19H19IN2O. The highest BCUT2D eigenvalue weighted by Gasteiger charge is 2.26. The number of aromatic amines is 1. The summed E-state index contributed by atoms with van der Waals surface area (Å²) in [5.74, 6) is -0.00312. The number of benzene rings is 1. The van der Waals surface area contributed by atoms with Crippen molar-refractivity contribution in [1.82, 2.24) is 4.98 Å². The Morgan fingerprint density at radius 1 is 1.26 bits per heavy atom. The molecule has 2 aliphatic rings. The van der Waals surface area contributed by atoms with E-state index in [2.05, 4.69) is 52.0 Å². The third kappa shape index (κ3) is 2.53. The van der Waals surface area contributed by atoms with E-state index >= 15 is 0 Å². The van der Waals surface area contributed by atoms with Crippen molar-refractivity contribution in [3.8, 4) is 0 Å². The van der Waals surface area contributed by atoms with Crippen molar-refractivity contribution in [2.24, 2.45) is 0 Å². The minimum atomic E-state index is -0.00312. The maximum atomic E-state index is 12.4. The predicted octanol–water partition coefficient (Wildman–Crippen LogP) is 4.55. The fourth-order valence-corrected chi connectivity index (χ4v) is 4.24. The van der Waals surface area contributed by atoms with Gasteiger partial charge in [0.15, 0.2) is 0 Å². The van der Waals surface area contributed by atoms with Crippen LogP contribution in [0.4, 0.5) is 5.69 Å². The van der Waals surface area contributed by atoms with Crippen molar-refractivity contribution in [2.45, 2.75) is 39.0 Å². The second kappa shape index (κ2) is 5.82. The lowest BCUT2D eigenvalue weighted by atomic mass is 9.93. The fourth-order valence-electron chi connectivity index (χ4n) is 3.75. The maximum Gasteiger partial charge on any atom is 0.256 e. The zero-order chi connectivity index (χ0) is 16.0. The molecule has 1 aromatic heterocycles. The smallest absolute Gasteiger partial charge is 0.256 e. The lowest BCUT2D eigenvalue weighted by molar-refractivity contribution is -0.110. The lowest BCUT2D eigenvalue weighted by Crippen LogP contribution is -2.03. The van der Waals surface area contributed by atoms with E-state index < -0.39 is 0 Å². The first-order valence-electron chi connectivity index (χ1n) is 8.23.